The Labute approximate surface area is 164 Å². The van der Waals surface area contributed by atoms with Crippen LogP contribution < -0.4 is 5.56 Å². The van der Waals surface area contributed by atoms with E-state index in [1.807, 2.05) is 29.8 Å². The second kappa shape index (κ2) is 7.66. The van der Waals surface area contributed by atoms with Crippen molar-refractivity contribution in [1.29, 1.82) is 0 Å². The van der Waals surface area contributed by atoms with Crippen molar-refractivity contribution in [3.63, 3.8) is 0 Å². The van der Waals surface area contributed by atoms with Gasteiger partial charge in [-0.2, -0.15) is 0 Å². The van der Waals surface area contributed by atoms with Crippen molar-refractivity contribution in [2.24, 2.45) is 0 Å². The predicted octanol–water partition coefficient (Wildman–Crippen LogP) is 5.20. The number of nitrogens with zero attached hydrogens (tertiary/aromatic N) is 2. The van der Waals surface area contributed by atoms with Crippen LogP contribution in [-0.2, 0) is 11.3 Å². The summed E-state index contributed by atoms with van der Waals surface area (Å²) in [5.41, 5.74) is 0.979. The standard InChI is InChI=1S/C19H20N2O2S3/c1-2-21-18(23)16-12(14-9-6-10-24-14)11-25-17(16)20-19(21)26-15-8-5-3-4-7-13(15)22/h6,9-11,15H,2-5,7-8H2,1H3. The summed E-state index contributed by atoms with van der Waals surface area (Å²) in [5, 5.41) is 5.36. The van der Waals surface area contributed by atoms with E-state index in [4.69, 9.17) is 4.98 Å². The maximum atomic E-state index is 13.2. The number of carbonyl (C=O) groups excluding carboxylic acids is 1. The van der Waals surface area contributed by atoms with Crippen LogP contribution in [0.3, 0.4) is 0 Å². The lowest BCUT2D eigenvalue weighted by Gasteiger charge is -2.15. The molecular formula is C19H20N2O2S3. The summed E-state index contributed by atoms with van der Waals surface area (Å²) in [4.78, 5) is 32.2. The number of Topliss-reactive ketones (excluding diaryl/α,β-unsaturated/α-hetero) is 1. The zero-order valence-electron chi connectivity index (χ0n) is 14.6. The van der Waals surface area contributed by atoms with E-state index in [-0.39, 0.29) is 10.8 Å². The van der Waals surface area contributed by atoms with E-state index in [2.05, 4.69) is 0 Å². The summed E-state index contributed by atoms with van der Waals surface area (Å²) in [6.07, 6.45) is 4.70. The molecule has 0 amide bonds. The Bertz CT molecular complexity index is 988. The molecule has 1 saturated carbocycles. The van der Waals surface area contributed by atoms with Gasteiger partial charge >= 0.3 is 0 Å². The molecule has 26 heavy (non-hydrogen) atoms. The average molecular weight is 405 g/mol. The molecule has 1 atom stereocenters. The van der Waals surface area contributed by atoms with Crippen molar-refractivity contribution < 1.29 is 4.79 Å². The minimum absolute atomic E-state index is 0.00530. The molecule has 1 aliphatic carbocycles. The molecule has 0 bridgehead atoms. The molecule has 0 spiro atoms. The fraction of sp³-hybridized carbons (Fsp3) is 0.421. The lowest BCUT2D eigenvalue weighted by atomic mass is 10.2. The topological polar surface area (TPSA) is 52.0 Å². The van der Waals surface area contributed by atoms with Gasteiger partial charge in [0, 0.05) is 28.8 Å². The molecule has 0 radical (unpaired) electrons. The van der Waals surface area contributed by atoms with Crippen molar-refractivity contribution in [2.45, 2.75) is 56.0 Å². The van der Waals surface area contributed by atoms with Gasteiger partial charge in [0.1, 0.15) is 10.6 Å². The Balaban J connectivity index is 1.79. The first-order valence-electron chi connectivity index (χ1n) is 8.94. The number of ketones is 1. The third-order valence-electron chi connectivity index (χ3n) is 4.76. The van der Waals surface area contributed by atoms with Crippen molar-refractivity contribution in [3.05, 3.63) is 33.2 Å². The van der Waals surface area contributed by atoms with Crippen LogP contribution in [-0.4, -0.2) is 20.6 Å². The summed E-state index contributed by atoms with van der Waals surface area (Å²) in [6, 6.07) is 4.03. The first-order valence-corrected chi connectivity index (χ1v) is 11.6. The smallest absolute Gasteiger partial charge is 0.263 e. The van der Waals surface area contributed by atoms with Gasteiger partial charge in [-0.3, -0.25) is 14.2 Å². The summed E-state index contributed by atoms with van der Waals surface area (Å²) in [7, 11) is 0. The summed E-state index contributed by atoms with van der Waals surface area (Å²) in [6.45, 7) is 2.52. The molecule has 1 aliphatic rings. The highest BCUT2D eigenvalue weighted by Crippen LogP contribution is 2.36. The Hall–Kier alpha value is -1.44. The van der Waals surface area contributed by atoms with Gasteiger partial charge in [0.2, 0.25) is 0 Å². The Morgan fingerprint density at radius 1 is 1.27 bits per heavy atom. The summed E-state index contributed by atoms with van der Waals surface area (Å²) in [5.74, 6) is 0.301. The molecule has 3 aromatic heterocycles. The van der Waals surface area contributed by atoms with Crippen LogP contribution >= 0.6 is 34.4 Å². The number of aromatic nitrogens is 2. The molecule has 4 rings (SSSR count). The van der Waals surface area contributed by atoms with E-state index in [1.54, 1.807) is 15.9 Å². The minimum atomic E-state index is -0.0728. The monoisotopic (exact) mass is 404 g/mol. The highest BCUT2D eigenvalue weighted by molar-refractivity contribution is 8.00. The molecule has 0 aliphatic heterocycles. The normalized spacial score (nSPS) is 18.3. The van der Waals surface area contributed by atoms with Gasteiger partial charge in [-0.05, 0) is 31.2 Å². The lowest BCUT2D eigenvalue weighted by molar-refractivity contribution is -0.118. The average Bonchev–Trinajstić information content (AvgIpc) is 3.25. The molecule has 0 aromatic carbocycles. The second-order valence-corrected chi connectivity index (χ2v) is 9.40. The molecule has 136 valence electrons. The van der Waals surface area contributed by atoms with Crippen LogP contribution in [0, 0.1) is 0 Å². The van der Waals surface area contributed by atoms with E-state index in [9.17, 15) is 9.59 Å². The van der Waals surface area contributed by atoms with E-state index in [0.29, 0.717) is 29.3 Å². The molecule has 1 unspecified atom stereocenters. The molecule has 3 aromatic rings. The maximum Gasteiger partial charge on any atom is 0.263 e. The fourth-order valence-corrected chi connectivity index (χ4v) is 6.45. The van der Waals surface area contributed by atoms with Gasteiger partial charge in [-0.15, -0.1) is 22.7 Å². The molecule has 0 saturated heterocycles. The van der Waals surface area contributed by atoms with Gasteiger partial charge in [0.15, 0.2) is 5.16 Å². The van der Waals surface area contributed by atoms with Crippen molar-refractivity contribution >= 4 is 50.4 Å². The Morgan fingerprint density at radius 2 is 2.15 bits per heavy atom. The lowest BCUT2D eigenvalue weighted by Crippen LogP contribution is -2.24. The van der Waals surface area contributed by atoms with E-state index in [1.165, 1.54) is 23.1 Å². The van der Waals surface area contributed by atoms with E-state index in [0.717, 1.165) is 41.0 Å². The Kier molecular flexibility index (Phi) is 5.29. The van der Waals surface area contributed by atoms with Gasteiger partial charge in [0.25, 0.3) is 5.56 Å². The third kappa shape index (κ3) is 3.28. The first-order chi connectivity index (χ1) is 12.7. The summed E-state index contributed by atoms with van der Waals surface area (Å²) < 4.78 is 1.73. The molecule has 3 heterocycles. The van der Waals surface area contributed by atoms with Gasteiger partial charge in [0.05, 0.1) is 10.6 Å². The largest absolute Gasteiger partial charge is 0.298 e. The van der Waals surface area contributed by atoms with Gasteiger partial charge in [-0.1, -0.05) is 30.7 Å². The van der Waals surface area contributed by atoms with Crippen molar-refractivity contribution in [1.82, 2.24) is 9.55 Å². The number of hydrogen-bond acceptors (Lipinski definition) is 6. The van der Waals surface area contributed by atoms with Crippen LogP contribution in [0.2, 0.25) is 0 Å². The molecule has 7 heteroatoms. The molecule has 0 N–H and O–H groups in total. The van der Waals surface area contributed by atoms with Crippen molar-refractivity contribution in [2.75, 3.05) is 0 Å². The molecule has 4 nitrogen and oxygen atoms in total. The Morgan fingerprint density at radius 3 is 2.92 bits per heavy atom. The van der Waals surface area contributed by atoms with Crippen LogP contribution in [0.15, 0.2) is 32.8 Å². The molecule has 1 fully saturated rings. The number of carbonyl (C=O) groups is 1. The van der Waals surface area contributed by atoms with Crippen LogP contribution in [0.4, 0.5) is 0 Å². The van der Waals surface area contributed by atoms with Gasteiger partial charge in [-0.25, -0.2) is 4.98 Å². The fourth-order valence-electron chi connectivity index (χ4n) is 3.37. The zero-order chi connectivity index (χ0) is 18.1. The number of hydrogen-bond donors (Lipinski definition) is 0. The second-order valence-electron chi connectivity index (χ2n) is 6.42. The SMILES string of the molecule is CCn1c(SC2CCCCCC2=O)nc2scc(-c3cccs3)c2c1=O. The quantitative estimate of drug-likeness (QED) is 0.443. The highest BCUT2D eigenvalue weighted by Gasteiger charge is 2.25. The van der Waals surface area contributed by atoms with Crippen LogP contribution in [0.5, 0.6) is 0 Å². The highest BCUT2D eigenvalue weighted by atomic mass is 32.2. The minimum Gasteiger partial charge on any atom is -0.298 e. The zero-order valence-corrected chi connectivity index (χ0v) is 17.0. The first kappa shape index (κ1) is 17.9. The third-order valence-corrected chi connectivity index (χ3v) is 7.84. The van der Waals surface area contributed by atoms with E-state index >= 15 is 0 Å². The number of rotatable bonds is 4. The van der Waals surface area contributed by atoms with E-state index < -0.39 is 0 Å². The number of thioether (sulfide) groups is 1. The molecular weight excluding hydrogens is 384 g/mol. The van der Waals surface area contributed by atoms with Crippen LogP contribution in [0.1, 0.15) is 39.0 Å². The van der Waals surface area contributed by atoms with Crippen LogP contribution in [0.25, 0.3) is 20.7 Å². The predicted molar refractivity (Wildman–Crippen MR) is 111 cm³/mol. The van der Waals surface area contributed by atoms with Gasteiger partial charge < -0.3 is 0 Å². The number of fused-ring (bicyclic) bond motifs is 1. The number of thiophene rings is 2. The van der Waals surface area contributed by atoms with Crippen molar-refractivity contribution in [3.8, 4) is 10.4 Å². The summed E-state index contributed by atoms with van der Waals surface area (Å²) >= 11 is 4.63. The maximum absolute atomic E-state index is 13.2.